The molecule has 2 aromatic rings. The molecule has 1 aromatic heterocycles. The van der Waals surface area contributed by atoms with Crippen molar-refractivity contribution in [3.05, 3.63) is 51.9 Å². The van der Waals surface area contributed by atoms with Crippen LogP contribution in [-0.2, 0) is 13.0 Å². The maximum absolute atomic E-state index is 9.94. The summed E-state index contributed by atoms with van der Waals surface area (Å²) in [6, 6.07) is 7.69. The number of fused-ring (bicyclic) bond motifs is 1. The predicted molar refractivity (Wildman–Crippen MR) is 78.7 cm³/mol. The molecule has 0 saturated heterocycles. The van der Waals surface area contributed by atoms with Crippen LogP contribution in [0.3, 0.4) is 0 Å². The predicted octanol–water partition coefficient (Wildman–Crippen LogP) is 2.80. The van der Waals surface area contributed by atoms with Gasteiger partial charge in [-0.2, -0.15) is 0 Å². The number of hydrogen-bond acceptors (Lipinski definition) is 4. The Balaban J connectivity index is 1.62. The van der Waals surface area contributed by atoms with E-state index in [0.717, 1.165) is 28.8 Å². The van der Waals surface area contributed by atoms with Gasteiger partial charge in [0.25, 0.3) is 0 Å². The van der Waals surface area contributed by atoms with Gasteiger partial charge in [0, 0.05) is 29.5 Å². The number of ether oxygens (including phenoxy) is 1. The highest BCUT2D eigenvalue weighted by Crippen LogP contribution is 2.32. The fourth-order valence-electron chi connectivity index (χ4n) is 2.40. The number of halogens is 1. The summed E-state index contributed by atoms with van der Waals surface area (Å²) in [6.07, 6.45) is 1.89. The number of rotatable bonds is 5. The van der Waals surface area contributed by atoms with Crippen LogP contribution in [0.1, 0.15) is 23.0 Å². The first kappa shape index (κ1) is 13.7. The van der Waals surface area contributed by atoms with Crippen LogP contribution in [0.4, 0.5) is 0 Å². The SMILES string of the molecule is OC(CNCc1cc(Br)cc2c1OCC2)c1ccco1. The van der Waals surface area contributed by atoms with Crippen molar-refractivity contribution >= 4 is 15.9 Å². The first-order valence-corrected chi connectivity index (χ1v) is 7.39. The molecular formula is C15H16BrNO3. The van der Waals surface area contributed by atoms with Gasteiger partial charge in [0.1, 0.15) is 17.6 Å². The van der Waals surface area contributed by atoms with Gasteiger partial charge in [-0.1, -0.05) is 15.9 Å². The van der Waals surface area contributed by atoms with Gasteiger partial charge in [0.15, 0.2) is 0 Å². The summed E-state index contributed by atoms with van der Waals surface area (Å²) in [7, 11) is 0. The summed E-state index contributed by atoms with van der Waals surface area (Å²) < 4.78 is 11.9. The molecule has 3 rings (SSSR count). The molecule has 5 heteroatoms. The van der Waals surface area contributed by atoms with E-state index in [-0.39, 0.29) is 0 Å². The van der Waals surface area contributed by atoms with E-state index in [4.69, 9.17) is 9.15 Å². The van der Waals surface area contributed by atoms with Gasteiger partial charge in [0.2, 0.25) is 0 Å². The van der Waals surface area contributed by atoms with E-state index in [9.17, 15) is 5.11 Å². The highest BCUT2D eigenvalue weighted by atomic mass is 79.9. The molecule has 20 heavy (non-hydrogen) atoms. The number of hydrogen-bond donors (Lipinski definition) is 2. The fraction of sp³-hybridized carbons (Fsp3) is 0.333. The second kappa shape index (κ2) is 5.99. The Morgan fingerprint density at radius 3 is 3.10 bits per heavy atom. The molecule has 1 aromatic carbocycles. The molecule has 1 unspecified atom stereocenters. The molecule has 4 nitrogen and oxygen atoms in total. The molecule has 1 aliphatic heterocycles. The van der Waals surface area contributed by atoms with Crippen molar-refractivity contribution in [2.75, 3.05) is 13.2 Å². The minimum Gasteiger partial charge on any atom is -0.493 e. The number of aliphatic hydroxyl groups is 1. The third-order valence-electron chi connectivity index (χ3n) is 3.35. The lowest BCUT2D eigenvalue weighted by atomic mass is 10.1. The zero-order chi connectivity index (χ0) is 13.9. The smallest absolute Gasteiger partial charge is 0.133 e. The molecule has 1 aliphatic rings. The Kier molecular flexibility index (Phi) is 4.10. The van der Waals surface area contributed by atoms with E-state index >= 15 is 0 Å². The highest BCUT2D eigenvalue weighted by molar-refractivity contribution is 9.10. The average Bonchev–Trinajstić information content (AvgIpc) is 3.09. The van der Waals surface area contributed by atoms with Crippen LogP contribution in [0, 0.1) is 0 Å². The van der Waals surface area contributed by atoms with Crippen molar-refractivity contribution in [3.8, 4) is 5.75 Å². The van der Waals surface area contributed by atoms with Crippen molar-refractivity contribution in [1.29, 1.82) is 0 Å². The van der Waals surface area contributed by atoms with Crippen LogP contribution in [0.15, 0.2) is 39.4 Å². The lowest BCUT2D eigenvalue weighted by molar-refractivity contribution is 0.147. The number of nitrogens with one attached hydrogen (secondary N) is 1. The normalized spacial score (nSPS) is 14.9. The third-order valence-corrected chi connectivity index (χ3v) is 3.81. The average molecular weight is 338 g/mol. The van der Waals surface area contributed by atoms with E-state index in [1.807, 2.05) is 0 Å². The zero-order valence-corrected chi connectivity index (χ0v) is 12.5. The summed E-state index contributed by atoms with van der Waals surface area (Å²) in [5.74, 6) is 1.56. The lowest BCUT2D eigenvalue weighted by Crippen LogP contribution is -2.21. The molecule has 0 fully saturated rings. The molecule has 0 aliphatic carbocycles. The van der Waals surface area contributed by atoms with Crippen molar-refractivity contribution in [2.45, 2.75) is 19.1 Å². The van der Waals surface area contributed by atoms with Gasteiger partial charge in [0.05, 0.1) is 12.9 Å². The number of aliphatic hydroxyl groups excluding tert-OH is 1. The molecule has 0 spiro atoms. The summed E-state index contributed by atoms with van der Waals surface area (Å²) >= 11 is 3.52. The molecule has 0 bridgehead atoms. The molecule has 0 saturated carbocycles. The van der Waals surface area contributed by atoms with Gasteiger partial charge in [-0.3, -0.25) is 0 Å². The Bertz CT molecular complexity index is 583. The molecule has 0 amide bonds. The summed E-state index contributed by atoms with van der Waals surface area (Å²) in [4.78, 5) is 0. The maximum atomic E-state index is 9.94. The minimum absolute atomic E-state index is 0.439. The maximum Gasteiger partial charge on any atom is 0.133 e. The molecule has 106 valence electrons. The summed E-state index contributed by atoms with van der Waals surface area (Å²) in [5, 5.41) is 13.2. The van der Waals surface area contributed by atoms with Crippen LogP contribution in [0.2, 0.25) is 0 Å². The van der Waals surface area contributed by atoms with Crippen molar-refractivity contribution in [2.24, 2.45) is 0 Å². The van der Waals surface area contributed by atoms with Gasteiger partial charge in [-0.15, -0.1) is 0 Å². The Labute approximate surface area is 125 Å². The van der Waals surface area contributed by atoms with Crippen molar-refractivity contribution < 1.29 is 14.3 Å². The summed E-state index contributed by atoms with van der Waals surface area (Å²) in [6.45, 7) is 1.84. The van der Waals surface area contributed by atoms with Crippen LogP contribution < -0.4 is 10.1 Å². The standard InChI is InChI=1S/C15H16BrNO3/c16-12-6-10-3-5-20-15(10)11(7-12)8-17-9-13(18)14-2-1-4-19-14/h1-2,4,6-7,13,17-18H,3,5,8-9H2. The van der Waals surface area contributed by atoms with Gasteiger partial charge < -0.3 is 19.6 Å². The first-order chi connectivity index (χ1) is 9.74. The molecule has 0 radical (unpaired) electrons. The van der Waals surface area contributed by atoms with E-state index in [1.165, 1.54) is 5.56 Å². The molecular weight excluding hydrogens is 322 g/mol. The topological polar surface area (TPSA) is 54.6 Å². The van der Waals surface area contributed by atoms with Crippen LogP contribution in [-0.4, -0.2) is 18.3 Å². The monoisotopic (exact) mass is 337 g/mol. The van der Waals surface area contributed by atoms with Crippen LogP contribution >= 0.6 is 15.9 Å². The lowest BCUT2D eigenvalue weighted by Gasteiger charge is -2.12. The van der Waals surface area contributed by atoms with Crippen molar-refractivity contribution in [3.63, 3.8) is 0 Å². The van der Waals surface area contributed by atoms with E-state index in [2.05, 4.69) is 33.4 Å². The second-order valence-electron chi connectivity index (χ2n) is 4.81. The molecule has 1 atom stereocenters. The van der Waals surface area contributed by atoms with Gasteiger partial charge in [-0.05, 0) is 29.8 Å². The number of furan rings is 1. The van der Waals surface area contributed by atoms with Crippen LogP contribution in [0.25, 0.3) is 0 Å². The first-order valence-electron chi connectivity index (χ1n) is 6.60. The molecule has 2 N–H and O–H groups in total. The fourth-order valence-corrected chi connectivity index (χ4v) is 2.96. The third kappa shape index (κ3) is 2.90. The van der Waals surface area contributed by atoms with Crippen molar-refractivity contribution in [1.82, 2.24) is 5.32 Å². The summed E-state index contributed by atoms with van der Waals surface area (Å²) in [5.41, 5.74) is 2.35. The van der Waals surface area contributed by atoms with Crippen LogP contribution in [0.5, 0.6) is 5.75 Å². The second-order valence-corrected chi connectivity index (χ2v) is 5.73. The molecule has 2 heterocycles. The van der Waals surface area contributed by atoms with Gasteiger partial charge in [-0.25, -0.2) is 0 Å². The Hall–Kier alpha value is -1.30. The zero-order valence-electron chi connectivity index (χ0n) is 10.9. The quantitative estimate of drug-likeness (QED) is 0.880. The van der Waals surface area contributed by atoms with Gasteiger partial charge >= 0.3 is 0 Å². The largest absolute Gasteiger partial charge is 0.493 e. The number of benzene rings is 1. The Morgan fingerprint density at radius 2 is 2.30 bits per heavy atom. The Morgan fingerprint density at radius 1 is 1.40 bits per heavy atom. The minimum atomic E-state index is -0.633. The van der Waals surface area contributed by atoms with E-state index in [1.54, 1.807) is 18.4 Å². The van der Waals surface area contributed by atoms with E-state index in [0.29, 0.717) is 18.8 Å². The highest BCUT2D eigenvalue weighted by Gasteiger charge is 2.17. The van der Waals surface area contributed by atoms with E-state index < -0.39 is 6.10 Å².